The first-order chi connectivity index (χ1) is 9.28. The monoisotopic (exact) mass is 258 g/mol. The van der Waals surface area contributed by atoms with Crippen LogP contribution in [0.4, 0.5) is 5.69 Å². The smallest absolute Gasteiger partial charge is 0.121 e. The molecule has 0 radical (unpaired) electrons. The van der Waals surface area contributed by atoms with Crippen LogP contribution in [0.2, 0.25) is 0 Å². The van der Waals surface area contributed by atoms with E-state index in [9.17, 15) is 0 Å². The largest absolute Gasteiger partial charge is 0.493 e. The van der Waals surface area contributed by atoms with Gasteiger partial charge in [-0.2, -0.15) is 5.26 Å². The average Bonchev–Trinajstić information content (AvgIpc) is 2.81. The number of ether oxygens (including phenoxy) is 1. The molecule has 0 aliphatic heterocycles. The molecule has 0 saturated heterocycles. The summed E-state index contributed by atoms with van der Waals surface area (Å²) >= 11 is 0. The van der Waals surface area contributed by atoms with Gasteiger partial charge in [0.25, 0.3) is 0 Å². The molecule has 1 N–H and O–H groups in total. The maximum atomic E-state index is 8.47. The van der Waals surface area contributed by atoms with Crippen molar-refractivity contribution in [3.8, 4) is 11.8 Å². The Labute approximate surface area is 115 Å². The molecule has 0 spiro atoms. The highest BCUT2D eigenvalue weighted by molar-refractivity contribution is 5.49. The van der Waals surface area contributed by atoms with Gasteiger partial charge in [-0.3, -0.25) is 0 Å². The zero-order chi connectivity index (χ0) is 13.5. The molecule has 1 aliphatic carbocycles. The van der Waals surface area contributed by atoms with Crippen LogP contribution in [0.1, 0.15) is 39.0 Å². The maximum Gasteiger partial charge on any atom is 0.121 e. The zero-order valence-corrected chi connectivity index (χ0v) is 11.6. The van der Waals surface area contributed by atoms with E-state index in [-0.39, 0.29) is 0 Å². The second-order valence-corrected chi connectivity index (χ2v) is 5.40. The first-order valence-electron chi connectivity index (χ1n) is 7.14. The minimum absolute atomic E-state index is 0.553. The van der Waals surface area contributed by atoms with Gasteiger partial charge in [0.15, 0.2) is 0 Å². The lowest BCUT2D eigenvalue weighted by Gasteiger charge is -2.15. The van der Waals surface area contributed by atoms with Crippen molar-refractivity contribution in [2.75, 3.05) is 11.9 Å². The molecule has 3 nitrogen and oxygen atoms in total. The molecule has 2 rings (SSSR count). The summed E-state index contributed by atoms with van der Waals surface area (Å²) in [6.45, 7) is 2.92. The molecule has 0 heterocycles. The third-order valence-electron chi connectivity index (χ3n) is 3.60. The number of benzene rings is 1. The quantitative estimate of drug-likeness (QED) is 0.785. The van der Waals surface area contributed by atoms with Gasteiger partial charge in [0, 0.05) is 24.2 Å². The fourth-order valence-electron chi connectivity index (χ4n) is 2.59. The van der Waals surface area contributed by atoms with E-state index < -0.39 is 0 Å². The van der Waals surface area contributed by atoms with Crippen LogP contribution in [0.25, 0.3) is 0 Å². The van der Waals surface area contributed by atoms with Gasteiger partial charge in [0.05, 0.1) is 12.7 Å². The second-order valence-electron chi connectivity index (χ2n) is 5.40. The molecule has 2 atom stereocenters. The van der Waals surface area contributed by atoms with E-state index in [2.05, 4.69) is 30.4 Å². The van der Waals surface area contributed by atoms with Crippen LogP contribution in [-0.2, 0) is 0 Å². The van der Waals surface area contributed by atoms with E-state index in [4.69, 9.17) is 10.00 Å². The standard InChI is InChI=1S/C16H22N2O/c1-13-7-8-15(11-13)18-14-5-4-6-16(12-14)19-10-3-2-9-17/h4-6,12-13,15,18H,2-3,7-8,10-11H2,1H3. The average molecular weight is 258 g/mol. The Morgan fingerprint density at radius 3 is 3.05 bits per heavy atom. The van der Waals surface area contributed by atoms with E-state index in [1.54, 1.807) is 0 Å². The number of anilines is 1. The number of hydrogen-bond acceptors (Lipinski definition) is 3. The summed E-state index contributed by atoms with van der Waals surface area (Å²) in [6, 6.07) is 10.8. The molecule has 1 fully saturated rings. The SMILES string of the molecule is CC1CCC(Nc2cccc(OCCCC#N)c2)C1. The van der Waals surface area contributed by atoms with Crippen molar-refractivity contribution in [1.29, 1.82) is 5.26 Å². The van der Waals surface area contributed by atoms with Gasteiger partial charge in [-0.1, -0.05) is 13.0 Å². The number of rotatable bonds is 6. The van der Waals surface area contributed by atoms with Crippen LogP contribution in [0.3, 0.4) is 0 Å². The second kappa shape index (κ2) is 7.04. The minimum atomic E-state index is 0.553. The lowest BCUT2D eigenvalue weighted by Crippen LogP contribution is -2.15. The Morgan fingerprint density at radius 1 is 1.42 bits per heavy atom. The highest BCUT2D eigenvalue weighted by Crippen LogP contribution is 2.28. The highest BCUT2D eigenvalue weighted by Gasteiger charge is 2.20. The van der Waals surface area contributed by atoms with Crippen LogP contribution < -0.4 is 10.1 Å². The van der Waals surface area contributed by atoms with Gasteiger partial charge in [0.1, 0.15) is 5.75 Å². The lowest BCUT2D eigenvalue weighted by molar-refractivity contribution is 0.313. The fourth-order valence-corrected chi connectivity index (χ4v) is 2.59. The van der Waals surface area contributed by atoms with E-state index >= 15 is 0 Å². The summed E-state index contributed by atoms with van der Waals surface area (Å²) in [5, 5.41) is 12.1. The normalized spacial score (nSPS) is 21.9. The Kier molecular flexibility index (Phi) is 5.09. The van der Waals surface area contributed by atoms with Crippen molar-refractivity contribution < 1.29 is 4.74 Å². The Hall–Kier alpha value is -1.69. The zero-order valence-electron chi connectivity index (χ0n) is 11.6. The minimum Gasteiger partial charge on any atom is -0.493 e. The molecular weight excluding hydrogens is 236 g/mol. The van der Waals surface area contributed by atoms with Crippen molar-refractivity contribution >= 4 is 5.69 Å². The summed E-state index contributed by atoms with van der Waals surface area (Å²) in [4.78, 5) is 0. The Bertz CT molecular complexity index is 439. The molecule has 1 saturated carbocycles. The molecule has 0 amide bonds. The van der Waals surface area contributed by atoms with Crippen LogP contribution in [0, 0.1) is 17.2 Å². The first-order valence-corrected chi connectivity index (χ1v) is 7.14. The van der Waals surface area contributed by atoms with E-state index in [1.807, 2.05) is 12.1 Å². The predicted molar refractivity (Wildman–Crippen MR) is 77.2 cm³/mol. The molecular formula is C16H22N2O. The van der Waals surface area contributed by atoms with Gasteiger partial charge in [0.2, 0.25) is 0 Å². The van der Waals surface area contributed by atoms with E-state index in [0.29, 0.717) is 19.1 Å². The molecule has 1 aliphatic rings. The summed E-state index contributed by atoms with van der Waals surface area (Å²) in [5.74, 6) is 1.72. The summed E-state index contributed by atoms with van der Waals surface area (Å²) in [7, 11) is 0. The number of nitrogens with one attached hydrogen (secondary N) is 1. The van der Waals surface area contributed by atoms with Crippen LogP contribution >= 0.6 is 0 Å². The number of unbranched alkanes of at least 4 members (excludes halogenated alkanes) is 1. The highest BCUT2D eigenvalue weighted by atomic mass is 16.5. The van der Waals surface area contributed by atoms with Crippen molar-refractivity contribution in [3.05, 3.63) is 24.3 Å². The van der Waals surface area contributed by atoms with Gasteiger partial charge in [-0.15, -0.1) is 0 Å². The van der Waals surface area contributed by atoms with E-state index in [0.717, 1.165) is 23.8 Å². The summed E-state index contributed by atoms with van der Waals surface area (Å²) in [5.41, 5.74) is 1.14. The number of nitrogens with zero attached hydrogens (tertiary/aromatic N) is 1. The van der Waals surface area contributed by atoms with Crippen molar-refractivity contribution in [1.82, 2.24) is 0 Å². The van der Waals surface area contributed by atoms with Gasteiger partial charge in [-0.25, -0.2) is 0 Å². The molecule has 3 heteroatoms. The Morgan fingerprint density at radius 2 is 2.32 bits per heavy atom. The van der Waals surface area contributed by atoms with E-state index in [1.165, 1.54) is 19.3 Å². The topological polar surface area (TPSA) is 45.0 Å². The molecule has 1 aromatic carbocycles. The number of nitriles is 1. The summed E-state index contributed by atoms with van der Waals surface area (Å²) in [6.07, 6.45) is 5.18. The lowest BCUT2D eigenvalue weighted by atomic mass is 10.1. The van der Waals surface area contributed by atoms with Crippen molar-refractivity contribution in [2.45, 2.75) is 45.1 Å². The van der Waals surface area contributed by atoms with Gasteiger partial charge < -0.3 is 10.1 Å². The fraction of sp³-hybridized carbons (Fsp3) is 0.562. The van der Waals surface area contributed by atoms with Gasteiger partial charge >= 0.3 is 0 Å². The number of hydrogen-bond donors (Lipinski definition) is 1. The third-order valence-corrected chi connectivity index (χ3v) is 3.60. The summed E-state index contributed by atoms with van der Waals surface area (Å²) < 4.78 is 5.64. The van der Waals surface area contributed by atoms with Crippen LogP contribution in [-0.4, -0.2) is 12.6 Å². The third kappa shape index (κ3) is 4.48. The predicted octanol–water partition coefficient (Wildman–Crippen LogP) is 3.97. The Balaban J connectivity index is 1.83. The molecule has 1 aromatic rings. The molecule has 0 aromatic heterocycles. The maximum absolute atomic E-state index is 8.47. The van der Waals surface area contributed by atoms with Crippen LogP contribution in [0.5, 0.6) is 5.75 Å². The van der Waals surface area contributed by atoms with Crippen molar-refractivity contribution in [2.24, 2.45) is 5.92 Å². The molecule has 0 bridgehead atoms. The molecule has 102 valence electrons. The van der Waals surface area contributed by atoms with Gasteiger partial charge in [-0.05, 0) is 43.7 Å². The van der Waals surface area contributed by atoms with Crippen LogP contribution in [0.15, 0.2) is 24.3 Å². The molecule has 19 heavy (non-hydrogen) atoms. The van der Waals surface area contributed by atoms with Crippen molar-refractivity contribution in [3.63, 3.8) is 0 Å². The first kappa shape index (κ1) is 13.7. The molecule has 2 unspecified atom stereocenters.